The summed E-state index contributed by atoms with van der Waals surface area (Å²) in [6.07, 6.45) is 0.658. The summed E-state index contributed by atoms with van der Waals surface area (Å²) < 4.78 is 14.2. The standard InChI is InChI=1S/C25H21FN2O3/c1-14-23(25(30)31)20-12-15(10-11-27)2-9-22(20)28-24(14)17-5-3-16(4-6-17)19-8-7-18(29)13-21(19)26/h2-9,12-13,29H,10-11,27H2,1H3,(H,30,31). The first-order chi connectivity index (χ1) is 14.9. The third kappa shape index (κ3) is 3.85. The van der Waals surface area contributed by atoms with E-state index >= 15 is 0 Å². The average Bonchev–Trinajstić information content (AvgIpc) is 2.73. The second-order valence-electron chi connectivity index (χ2n) is 7.40. The van der Waals surface area contributed by atoms with Crippen molar-refractivity contribution in [1.29, 1.82) is 0 Å². The number of hydrogen-bond donors (Lipinski definition) is 3. The second kappa shape index (κ2) is 8.16. The van der Waals surface area contributed by atoms with Gasteiger partial charge in [0.05, 0.1) is 16.8 Å². The molecule has 156 valence electrons. The van der Waals surface area contributed by atoms with E-state index in [1.165, 1.54) is 12.1 Å². The fraction of sp³-hybridized carbons (Fsp3) is 0.120. The first-order valence-electron chi connectivity index (χ1n) is 9.85. The van der Waals surface area contributed by atoms with Crippen LogP contribution >= 0.6 is 0 Å². The van der Waals surface area contributed by atoms with Crippen molar-refractivity contribution in [1.82, 2.24) is 4.98 Å². The molecule has 4 N–H and O–H groups in total. The molecule has 0 atom stereocenters. The molecular formula is C25H21FN2O3. The van der Waals surface area contributed by atoms with Crippen LogP contribution in [-0.2, 0) is 6.42 Å². The van der Waals surface area contributed by atoms with Gasteiger partial charge in [-0.3, -0.25) is 0 Å². The number of aromatic nitrogens is 1. The van der Waals surface area contributed by atoms with Crippen molar-refractivity contribution in [2.75, 3.05) is 6.54 Å². The van der Waals surface area contributed by atoms with E-state index in [-0.39, 0.29) is 11.3 Å². The van der Waals surface area contributed by atoms with Crippen molar-refractivity contribution in [3.05, 3.63) is 83.2 Å². The number of fused-ring (bicyclic) bond motifs is 1. The van der Waals surface area contributed by atoms with E-state index in [9.17, 15) is 19.4 Å². The molecule has 31 heavy (non-hydrogen) atoms. The Hall–Kier alpha value is -3.77. The zero-order valence-corrected chi connectivity index (χ0v) is 16.9. The van der Waals surface area contributed by atoms with Crippen LogP contribution in [0, 0.1) is 12.7 Å². The lowest BCUT2D eigenvalue weighted by atomic mass is 9.95. The summed E-state index contributed by atoms with van der Waals surface area (Å²) >= 11 is 0. The number of aromatic carboxylic acids is 1. The number of halogens is 1. The third-order valence-electron chi connectivity index (χ3n) is 5.36. The summed E-state index contributed by atoms with van der Waals surface area (Å²) in [7, 11) is 0. The molecule has 0 saturated heterocycles. The van der Waals surface area contributed by atoms with Crippen molar-refractivity contribution < 1.29 is 19.4 Å². The van der Waals surface area contributed by atoms with E-state index < -0.39 is 11.8 Å². The largest absolute Gasteiger partial charge is 0.508 e. The molecular weight excluding hydrogens is 395 g/mol. The molecule has 4 rings (SSSR count). The molecule has 6 heteroatoms. The first kappa shape index (κ1) is 20.5. The van der Waals surface area contributed by atoms with E-state index in [1.54, 1.807) is 31.2 Å². The van der Waals surface area contributed by atoms with E-state index in [2.05, 4.69) is 0 Å². The number of phenolic OH excluding ortho intramolecular Hbond substituents is 1. The van der Waals surface area contributed by atoms with Gasteiger partial charge in [-0.1, -0.05) is 30.3 Å². The summed E-state index contributed by atoms with van der Waals surface area (Å²) in [6.45, 7) is 2.22. The van der Waals surface area contributed by atoms with E-state index in [1.807, 2.05) is 18.2 Å². The highest BCUT2D eigenvalue weighted by atomic mass is 19.1. The smallest absolute Gasteiger partial charge is 0.336 e. The fourth-order valence-corrected chi connectivity index (χ4v) is 3.83. The lowest BCUT2D eigenvalue weighted by Gasteiger charge is -2.14. The molecule has 1 heterocycles. The summed E-state index contributed by atoms with van der Waals surface area (Å²) in [5.41, 5.74) is 10.3. The van der Waals surface area contributed by atoms with Crippen LogP contribution < -0.4 is 5.73 Å². The Labute approximate surface area is 178 Å². The Morgan fingerprint density at radius 1 is 1.03 bits per heavy atom. The molecule has 0 radical (unpaired) electrons. The number of aromatic hydroxyl groups is 1. The van der Waals surface area contributed by atoms with E-state index in [0.717, 1.165) is 17.2 Å². The Bertz CT molecular complexity index is 1300. The van der Waals surface area contributed by atoms with Gasteiger partial charge in [0.2, 0.25) is 0 Å². The van der Waals surface area contributed by atoms with Crippen LogP contribution in [0.3, 0.4) is 0 Å². The summed E-state index contributed by atoms with van der Waals surface area (Å²) in [5.74, 6) is -1.67. The van der Waals surface area contributed by atoms with Crippen LogP contribution in [0.4, 0.5) is 4.39 Å². The third-order valence-corrected chi connectivity index (χ3v) is 5.36. The molecule has 4 aromatic rings. The normalized spacial score (nSPS) is 11.1. The second-order valence-corrected chi connectivity index (χ2v) is 7.40. The molecule has 0 amide bonds. The molecule has 0 fully saturated rings. The zero-order valence-electron chi connectivity index (χ0n) is 16.9. The zero-order chi connectivity index (χ0) is 22.1. The lowest BCUT2D eigenvalue weighted by molar-refractivity contribution is 0.0698. The molecule has 1 aromatic heterocycles. The molecule has 0 aliphatic carbocycles. The van der Waals surface area contributed by atoms with Crippen LogP contribution in [0.15, 0.2) is 60.7 Å². The number of rotatable bonds is 5. The van der Waals surface area contributed by atoms with E-state index in [0.29, 0.717) is 46.3 Å². The van der Waals surface area contributed by atoms with Gasteiger partial charge >= 0.3 is 5.97 Å². The number of carbonyl (C=O) groups is 1. The minimum Gasteiger partial charge on any atom is -0.508 e. The minimum atomic E-state index is -1.01. The maximum Gasteiger partial charge on any atom is 0.336 e. The number of phenols is 1. The lowest BCUT2D eigenvalue weighted by Crippen LogP contribution is -2.06. The van der Waals surface area contributed by atoms with Gasteiger partial charge < -0.3 is 15.9 Å². The van der Waals surface area contributed by atoms with Gasteiger partial charge in [0, 0.05) is 22.6 Å². The van der Waals surface area contributed by atoms with Crippen molar-refractivity contribution in [3.8, 4) is 28.1 Å². The van der Waals surface area contributed by atoms with Crippen LogP contribution in [0.1, 0.15) is 21.5 Å². The number of carboxylic acid groups (broad SMARTS) is 1. The van der Waals surface area contributed by atoms with Gasteiger partial charge in [-0.15, -0.1) is 0 Å². The van der Waals surface area contributed by atoms with Gasteiger partial charge in [-0.05, 0) is 60.8 Å². The van der Waals surface area contributed by atoms with Crippen LogP contribution in [0.2, 0.25) is 0 Å². The molecule has 0 unspecified atom stereocenters. The van der Waals surface area contributed by atoms with Gasteiger partial charge in [0.15, 0.2) is 0 Å². The minimum absolute atomic E-state index is 0.135. The van der Waals surface area contributed by atoms with Crippen LogP contribution in [0.5, 0.6) is 5.75 Å². The SMILES string of the molecule is Cc1c(-c2ccc(-c3ccc(O)cc3F)cc2)nc2ccc(CCN)cc2c1C(=O)O. The van der Waals surface area contributed by atoms with Gasteiger partial charge in [0.1, 0.15) is 11.6 Å². The van der Waals surface area contributed by atoms with Crippen molar-refractivity contribution in [3.63, 3.8) is 0 Å². The van der Waals surface area contributed by atoms with Gasteiger partial charge in [-0.2, -0.15) is 0 Å². The quantitative estimate of drug-likeness (QED) is 0.429. The Balaban J connectivity index is 1.83. The highest BCUT2D eigenvalue weighted by molar-refractivity contribution is 6.05. The summed E-state index contributed by atoms with van der Waals surface area (Å²) in [6, 6.07) is 16.7. The molecule has 0 spiro atoms. The van der Waals surface area contributed by atoms with Crippen LogP contribution in [0.25, 0.3) is 33.3 Å². The number of nitrogens with two attached hydrogens (primary N) is 1. The predicted octanol–water partition coefficient (Wildman–Crippen LogP) is 4.92. The maximum atomic E-state index is 14.2. The molecule has 0 saturated carbocycles. The number of carboxylic acids is 1. The van der Waals surface area contributed by atoms with Crippen LogP contribution in [-0.4, -0.2) is 27.7 Å². The van der Waals surface area contributed by atoms with Crippen molar-refractivity contribution in [2.45, 2.75) is 13.3 Å². The summed E-state index contributed by atoms with van der Waals surface area (Å²) in [4.78, 5) is 16.8. The number of pyridine rings is 1. The topological polar surface area (TPSA) is 96.4 Å². The Morgan fingerprint density at radius 3 is 2.39 bits per heavy atom. The molecule has 0 aliphatic heterocycles. The number of hydrogen-bond acceptors (Lipinski definition) is 4. The molecule has 5 nitrogen and oxygen atoms in total. The van der Waals surface area contributed by atoms with Crippen molar-refractivity contribution in [2.24, 2.45) is 5.73 Å². The predicted molar refractivity (Wildman–Crippen MR) is 119 cm³/mol. The first-order valence-corrected chi connectivity index (χ1v) is 9.85. The highest BCUT2D eigenvalue weighted by Gasteiger charge is 2.19. The van der Waals surface area contributed by atoms with Gasteiger partial charge in [0.25, 0.3) is 0 Å². The summed E-state index contributed by atoms with van der Waals surface area (Å²) in [5, 5.41) is 19.9. The Morgan fingerprint density at radius 2 is 1.74 bits per heavy atom. The monoisotopic (exact) mass is 416 g/mol. The Kier molecular flexibility index (Phi) is 5.40. The fourth-order valence-electron chi connectivity index (χ4n) is 3.83. The average molecular weight is 416 g/mol. The van der Waals surface area contributed by atoms with Gasteiger partial charge in [-0.25, -0.2) is 14.2 Å². The molecule has 3 aromatic carbocycles. The number of benzene rings is 3. The van der Waals surface area contributed by atoms with Crippen molar-refractivity contribution >= 4 is 16.9 Å². The molecule has 0 aliphatic rings. The maximum absolute atomic E-state index is 14.2. The van der Waals surface area contributed by atoms with E-state index in [4.69, 9.17) is 10.7 Å². The molecule has 0 bridgehead atoms. The number of nitrogens with zero attached hydrogens (tertiary/aromatic N) is 1. The highest BCUT2D eigenvalue weighted by Crippen LogP contribution is 2.32.